The molecule has 94 valence electrons. The Kier molecular flexibility index (Phi) is 3.69. The summed E-state index contributed by atoms with van der Waals surface area (Å²) in [5.41, 5.74) is -0.982. The Labute approximate surface area is 106 Å². The van der Waals surface area contributed by atoms with Gasteiger partial charge in [0.2, 0.25) is 0 Å². The van der Waals surface area contributed by atoms with Gasteiger partial charge in [-0.25, -0.2) is 0 Å². The van der Waals surface area contributed by atoms with Gasteiger partial charge >= 0.3 is 0 Å². The smallest absolute Gasteiger partial charge is 0.273 e. The zero-order valence-corrected chi connectivity index (χ0v) is 10.6. The second-order valence-corrected chi connectivity index (χ2v) is 4.38. The Bertz CT molecular complexity index is 354. The molecule has 5 nitrogen and oxygen atoms in total. The van der Waals surface area contributed by atoms with Crippen LogP contribution >= 0.6 is 11.6 Å². The molecule has 0 saturated carbocycles. The van der Waals surface area contributed by atoms with E-state index in [1.807, 2.05) is 0 Å². The summed E-state index contributed by atoms with van der Waals surface area (Å²) >= 11 is 5.47. The molecule has 0 aromatic heterocycles. The van der Waals surface area contributed by atoms with Gasteiger partial charge < -0.3 is 24.1 Å². The lowest BCUT2D eigenvalue weighted by Crippen LogP contribution is -2.46. The van der Waals surface area contributed by atoms with Gasteiger partial charge in [0.25, 0.3) is 6.48 Å². The number of halogens is 1. The number of methoxy groups -OCH3 is 1. The molecule has 0 aromatic rings. The number of aliphatic hydroxyl groups is 1. The van der Waals surface area contributed by atoms with Crippen LogP contribution in [0, 0.1) is 11.3 Å². The molecule has 2 rings (SSSR count). The van der Waals surface area contributed by atoms with Crippen molar-refractivity contribution in [3.05, 3.63) is 0 Å². The van der Waals surface area contributed by atoms with Crippen LogP contribution in [0.3, 0.4) is 0 Å². The lowest BCUT2D eigenvalue weighted by atomic mass is 9.80. The maximum atomic E-state index is 9.68. The molecule has 2 aliphatic heterocycles. The highest BCUT2D eigenvalue weighted by Crippen LogP contribution is 2.42. The van der Waals surface area contributed by atoms with Gasteiger partial charge in [-0.05, 0) is 24.4 Å². The zero-order valence-electron chi connectivity index (χ0n) is 9.84. The van der Waals surface area contributed by atoms with Crippen LogP contribution in [0.1, 0.15) is 6.92 Å². The molecule has 0 aliphatic carbocycles. The Morgan fingerprint density at radius 1 is 1.53 bits per heavy atom. The van der Waals surface area contributed by atoms with Gasteiger partial charge in [-0.2, -0.15) is 0 Å². The Hall–Kier alpha value is -0.285. The van der Waals surface area contributed by atoms with E-state index < -0.39 is 30.4 Å². The zero-order chi connectivity index (χ0) is 12.6. The second kappa shape index (κ2) is 4.77. The topological polar surface area (TPSA) is 57.2 Å². The number of hydrogen-bond donors (Lipinski definition) is 1. The Morgan fingerprint density at radius 3 is 2.76 bits per heavy atom. The van der Waals surface area contributed by atoms with E-state index in [9.17, 15) is 5.11 Å². The van der Waals surface area contributed by atoms with Crippen molar-refractivity contribution >= 4 is 19.4 Å². The van der Waals surface area contributed by atoms with Crippen molar-refractivity contribution in [3.8, 4) is 11.3 Å². The molecular formula is C10H14BClO5. The molecule has 0 bridgehead atoms. The Morgan fingerprint density at radius 2 is 2.24 bits per heavy atom. The average Bonchev–Trinajstić information content (AvgIpc) is 2.75. The molecule has 0 aromatic carbocycles. The number of ether oxygens (including phenoxy) is 4. The van der Waals surface area contributed by atoms with Crippen molar-refractivity contribution in [1.82, 2.24) is 0 Å². The molecule has 7 heteroatoms. The third kappa shape index (κ3) is 1.97. The first-order valence-electron chi connectivity index (χ1n) is 5.37. The number of hydrogen-bond acceptors (Lipinski definition) is 5. The van der Waals surface area contributed by atoms with E-state index >= 15 is 0 Å². The second-order valence-electron chi connectivity index (χ2n) is 4.20. The van der Waals surface area contributed by atoms with E-state index in [0.717, 1.165) is 0 Å². The minimum Gasteiger partial charge on any atom is -0.391 e. The maximum absolute atomic E-state index is 9.68. The largest absolute Gasteiger partial charge is 0.391 e. The maximum Gasteiger partial charge on any atom is 0.273 e. The summed E-state index contributed by atoms with van der Waals surface area (Å²) in [6, 6.07) is -0.363. The summed E-state index contributed by atoms with van der Waals surface area (Å²) in [6.45, 7) is 0.815. The SMILES string of the molecule is BC1O[C@H](C(C)O)C2OC(OC)OC12C#CCl. The minimum atomic E-state index is -0.982. The van der Waals surface area contributed by atoms with E-state index in [-0.39, 0.29) is 6.00 Å². The van der Waals surface area contributed by atoms with Gasteiger partial charge in [-0.15, -0.1) is 0 Å². The third-order valence-electron chi connectivity index (χ3n) is 3.15. The van der Waals surface area contributed by atoms with Crippen LogP contribution in [0.15, 0.2) is 0 Å². The fraction of sp³-hybridized carbons (Fsp3) is 0.800. The molecular weight excluding hydrogens is 246 g/mol. The van der Waals surface area contributed by atoms with E-state index in [1.54, 1.807) is 14.8 Å². The summed E-state index contributed by atoms with van der Waals surface area (Å²) in [7, 11) is 3.27. The van der Waals surface area contributed by atoms with Crippen LogP contribution in [0.2, 0.25) is 0 Å². The predicted octanol–water partition coefficient (Wildman–Crippen LogP) is -0.991. The number of fused-ring (bicyclic) bond motifs is 1. The monoisotopic (exact) mass is 260 g/mol. The lowest BCUT2D eigenvalue weighted by molar-refractivity contribution is -0.255. The molecule has 0 spiro atoms. The van der Waals surface area contributed by atoms with Gasteiger partial charge in [0.05, 0.1) is 12.1 Å². The van der Waals surface area contributed by atoms with Gasteiger partial charge in [0.1, 0.15) is 20.1 Å². The average molecular weight is 260 g/mol. The normalized spacial score (nSPS) is 46.1. The minimum absolute atomic E-state index is 0.363. The van der Waals surface area contributed by atoms with Crippen LogP contribution in [0.4, 0.5) is 0 Å². The van der Waals surface area contributed by atoms with E-state index in [2.05, 4.69) is 11.3 Å². The van der Waals surface area contributed by atoms with Gasteiger partial charge in [0, 0.05) is 12.5 Å². The molecule has 0 radical (unpaired) electrons. The quantitative estimate of drug-likeness (QED) is 0.510. The summed E-state index contributed by atoms with van der Waals surface area (Å²) < 4.78 is 21.8. The molecule has 2 saturated heterocycles. The van der Waals surface area contributed by atoms with Crippen molar-refractivity contribution in [1.29, 1.82) is 0 Å². The van der Waals surface area contributed by atoms with E-state index in [4.69, 9.17) is 30.5 Å². The highest BCUT2D eigenvalue weighted by atomic mass is 35.5. The molecule has 1 N–H and O–H groups in total. The highest BCUT2D eigenvalue weighted by Gasteiger charge is 2.63. The third-order valence-corrected chi connectivity index (χ3v) is 3.24. The highest BCUT2D eigenvalue weighted by molar-refractivity contribution is 6.30. The van der Waals surface area contributed by atoms with Crippen LogP contribution in [0.25, 0.3) is 0 Å². The fourth-order valence-corrected chi connectivity index (χ4v) is 2.43. The fourth-order valence-electron chi connectivity index (χ4n) is 2.28. The van der Waals surface area contributed by atoms with E-state index in [1.165, 1.54) is 7.11 Å². The van der Waals surface area contributed by atoms with Crippen LogP contribution < -0.4 is 0 Å². The first kappa shape index (κ1) is 13.2. The van der Waals surface area contributed by atoms with Crippen molar-refractivity contribution in [2.24, 2.45) is 0 Å². The van der Waals surface area contributed by atoms with Gasteiger partial charge in [0.15, 0.2) is 5.60 Å². The first-order valence-corrected chi connectivity index (χ1v) is 5.75. The molecule has 17 heavy (non-hydrogen) atoms. The van der Waals surface area contributed by atoms with Gasteiger partial charge in [-0.3, -0.25) is 0 Å². The molecule has 6 atom stereocenters. The molecule has 0 amide bonds. The molecule has 2 aliphatic rings. The van der Waals surface area contributed by atoms with Crippen molar-refractivity contribution < 1.29 is 24.1 Å². The van der Waals surface area contributed by atoms with Crippen molar-refractivity contribution in [3.63, 3.8) is 0 Å². The predicted molar refractivity (Wildman–Crippen MR) is 62.0 cm³/mol. The van der Waals surface area contributed by atoms with Crippen LogP contribution in [0.5, 0.6) is 0 Å². The summed E-state index contributed by atoms with van der Waals surface area (Å²) in [5.74, 6) is 2.77. The standard InChI is InChI=1S/C10H14BClO5/c1-5(13)6-7-10(3-4-12,8(11)15-6)17-9(14-2)16-7/h5-9,13H,11H2,1-2H3/t5?,6-,7?,8?,9?,10?/m1/s1. The Balaban J connectivity index is 2.33. The van der Waals surface area contributed by atoms with E-state index in [0.29, 0.717) is 0 Å². The number of aliphatic hydroxyl groups excluding tert-OH is 1. The molecule has 2 fully saturated rings. The van der Waals surface area contributed by atoms with Crippen LogP contribution in [-0.2, 0) is 18.9 Å². The van der Waals surface area contributed by atoms with Crippen LogP contribution in [-0.4, -0.2) is 56.5 Å². The molecule has 2 heterocycles. The first-order chi connectivity index (χ1) is 8.05. The summed E-state index contributed by atoms with van der Waals surface area (Å²) in [5, 5.41) is 12.0. The van der Waals surface area contributed by atoms with Crippen molar-refractivity contribution in [2.45, 2.75) is 43.3 Å². The lowest BCUT2D eigenvalue weighted by Gasteiger charge is -2.23. The summed E-state index contributed by atoms with van der Waals surface area (Å²) in [6.07, 6.45) is -1.72. The molecule has 5 unspecified atom stereocenters. The summed E-state index contributed by atoms with van der Waals surface area (Å²) in [4.78, 5) is 0. The van der Waals surface area contributed by atoms with Crippen molar-refractivity contribution in [2.75, 3.05) is 7.11 Å². The van der Waals surface area contributed by atoms with Gasteiger partial charge in [-0.1, -0.05) is 0 Å². The number of rotatable bonds is 2.